The first-order chi connectivity index (χ1) is 8.22. The summed E-state index contributed by atoms with van der Waals surface area (Å²) >= 11 is 1.51. The van der Waals surface area contributed by atoms with Gasteiger partial charge in [0.05, 0.1) is 13.2 Å². The fraction of sp³-hybridized carbons (Fsp3) is 0.800. The zero-order valence-corrected chi connectivity index (χ0v) is 11.1. The van der Waals surface area contributed by atoms with Crippen molar-refractivity contribution in [2.75, 3.05) is 44.9 Å². The van der Waals surface area contributed by atoms with Crippen LogP contribution in [0.25, 0.3) is 0 Å². The zero-order valence-electron chi connectivity index (χ0n) is 10.3. The molecule has 1 aliphatic rings. The monoisotopic (exact) mass is 257 g/mol. The van der Waals surface area contributed by atoms with E-state index in [1.165, 1.54) is 11.8 Å². The summed E-state index contributed by atoms with van der Waals surface area (Å²) in [6, 6.07) is 0. The fourth-order valence-electron chi connectivity index (χ4n) is 2.02. The van der Waals surface area contributed by atoms with Gasteiger partial charge in [-0.05, 0) is 6.26 Å². The number of hydrogen-bond donors (Lipinski definition) is 1. The lowest BCUT2D eigenvalue weighted by Gasteiger charge is -2.28. The Hall–Kier alpha value is -0.790. The first-order valence-electron chi connectivity index (χ1n) is 5.77. The molecule has 0 saturated carbocycles. The Kier molecular flexibility index (Phi) is 4.25. The summed E-state index contributed by atoms with van der Waals surface area (Å²) in [4.78, 5) is 2.38. The maximum absolute atomic E-state index is 5.95. The number of hydrogen-bond acceptors (Lipinski definition) is 6. The Labute approximate surface area is 105 Å². The van der Waals surface area contributed by atoms with Gasteiger partial charge in [0, 0.05) is 25.6 Å². The molecule has 1 aliphatic heterocycles. The maximum atomic E-state index is 5.95. The van der Waals surface area contributed by atoms with E-state index in [-0.39, 0.29) is 5.92 Å². The summed E-state index contributed by atoms with van der Waals surface area (Å²) in [5, 5.41) is 8.98. The summed E-state index contributed by atoms with van der Waals surface area (Å²) in [6.45, 7) is 6.69. The first-order valence-corrected chi connectivity index (χ1v) is 6.99. The average Bonchev–Trinajstić information content (AvgIpc) is 2.71. The molecule has 1 fully saturated rings. The van der Waals surface area contributed by atoms with Gasteiger partial charge in [-0.1, -0.05) is 18.7 Å². The van der Waals surface area contributed by atoms with Crippen LogP contribution in [0.1, 0.15) is 18.7 Å². The topological polar surface area (TPSA) is 69.2 Å². The van der Waals surface area contributed by atoms with Crippen LogP contribution in [0.4, 0.5) is 0 Å². The van der Waals surface area contributed by atoms with Crippen LogP contribution in [-0.4, -0.2) is 58.9 Å². The average molecular weight is 257 g/mol. The van der Waals surface area contributed by atoms with Crippen LogP contribution < -0.4 is 5.84 Å². The van der Waals surface area contributed by atoms with Crippen LogP contribution in [0.5, 0.6) is 0 Å². The number of nitrogens with two attached hydrogens (primary N) is 1. The van der Waals surface area contributed by atoms with Gasteiger partial charge >= 0.3 is 0 Å². The molecule has 0 spiro atoms. The second kappa shape index (κ2) is 5.70. The molecular weight excluding hydrogens is 238 g/mol. The summed E-state index contributed by atoms with van der Waals surface area (Å²) < 4.78 is 6.92. The van der Waals surface area contributed by atoms with Crippen molar-refractivity contribution in [1.82, 2.24) is 19.8 Å². The molecule has 0 aliphatic carbocycles. The Bertz CT molecular complexity index is 364. The van der Waals surface area contributed by atoms with Crippen molar-refractivity contribution in [1.29, 1.82) is 0 Å². The number of morpholine rings is 1. The van der Waals surface area contributed by atoms with Gasteiger partial charge in [-0.3, -0.25) is 4.90 Å². The largest absolute Gasteiger partial charge is 0.379 e. The summed E-state index contributed by atoms with van der Waals surface area (Å²) in [5.74, 6) is 7.08. The standard InChI is InChI=1S/C10H19N5OS/c1-8(7-14-3-5-16-6-4-14)9-12-13-10(17-2)15(9)11/h8H,3-7,11H2,1-2H3. The van der Waals surface area contributed by atoms with E-state index >= 15 is 0 Å². The van der Waals surface area contributed by atoms with Gasteiger partial charge in [0.2, 0.25) is 5.16 Å². The van der Waals surface area contributed by atoms with Gasteiger partial charge in [0.25, 0.3) is 0 Å². The lowest BCUT2D eigenvalue weighted by Crippen LogP contribution is -2.39. The van der Waals surface area contributed by atoms with E-state index in [0.717, 1.165) is 43.8 Å². The van der Waals surface area contributed by atoms with E-state index in [4.69, 9.17) is 10.6 Å². The van der Waals surface area contributed by atoms with Crippen LogP contribution in [-0.2, 0) is 4.74 Å². The smallest absolute Gasteiger partial charge is 0.209 e. The first kappa shape index (κ1) is 12.7. The highest BCUT2D eigenvalue weighted by molar-refractivity contribution is 7.98. The van der Waals surface area contributed by atoms with E-state index < -0.39 is 0 Å². The van der Waals surface area contributed by atoms with Gasteiger partial charge in [-0.15, -0.1) is 10.2 Å². The highest BCUT2D eigenvalue weighted by Gasteiger charge is 2.20. The van der Waals surface area contributed by atoms with Gasteiger partial charge in [-0.25, -0.2) is 4.68 Å². The number of rotatable bonds is 4. The van der Waals surface area contributed by atoms with E-state index in [2.05, 4.69) is 22.0 Å². The minimum atomic E-state index is 0.284. The third-order valence-corrected chi connectivity index (χ3v) is 3.59. The van der Waals surface area contributed by atoms with Gasteiger partial charge in [0.15, 0.2) is 5.82 Å². The fourth-order valence-corrected chi connectivity index (χ4v) is 2.43. The molecule has 6 nitrogen and oxygen atoms in total. The Morgan fingerprint density at radius 3 is 2.71 bits per heavy atom. The molecule has 1 aromatic rings. The van der Waals surface area contributed by atoms with Crippen molar-refractivity contribution in [3.63, 3.8) is 0 Å². The predicted molar refractivity (Wildman–Crippen MR) is 67.6 cm³/mol. The minimum absolute atomic E-state index is 0.284. The van der Waals surface area contributed by atoms with Crippen molar-refractivity contribution in [3.05, 3.63) is 5.82 Å². The predicted octanol–water partition coefficient (Wildman–Crippen LogP) is 0.150. The van der Waals surface area contributed by atoms with Crippen molar-refractivity contribution in [2.24, 2.45) is 0 Å². The highest BCUT2D eigenvalue weighted by atomic mass is 32.2. The van der Waals surface area contributed by atoms with Crippen LogP contribution in [0.2, 0.25) is 0 Å². The third kappa shape index (κ3) is 2.91. The molecule has 2 N–H and O–H groups in total. The molecule has 0 aromatic carbocycles. The maximum Gasteiger partial charge on any atom is 0.209 e. The van der Waals surface area contributed by atoms with E-state index in [1.807, 2.05) is 6.26 Å². The molecule has 2 rings (SSSR count). The van der Waals surface area contributed by atoms with Crippen LogP contribution >= 0.6 is 11.8 Å². The van der Waals surface area contributed by atoms with Gasteiger partial charge < -0.3 is 10.6 Å². The number of nitrogens with zero attached hydrogens (tertiary/aromatic N) is 4. The van der Waals surface area contributed by atoms with E-state index in [9.17, 15) is 0 Å². The Morgan fingerprint density at radius 1 is 1.41 bits per heavy atom. The van der Waals surface area contributed by atoms with Crippen LogP contribution in [0.3, 0.4) is 0 Å². The SMILES string of the molecule is CSc1nnc(C(C)CN2CCOCC2)n1N. The molecule has 0 radical (unpaired) electrons. The summed E-state index contributed by atoms with van der Waals surface area (Å²) in [7, 11) is 0. The molecule has 96 valence electrons. The van der Waals surface area contributed by atoms with E-state index in [0.29, 0.717) is 0 Å². The normalized spacial score (nSPS) is 19.4. The molecule has 1 saturated heterocycles. The number of aromatic nitrogens is 3. The lowest BCUT2D eigenvalue weighted by molar-refractivity contribution is 0.0353. The summed E-state index contributed by atoms with van der Waals surface area (Å²) in [5.41, 5.74) is 0. The van der Waals surface area contributed by atoms with Crippen LogP contribution in [0.15, 0.2) is 5.16 Å². The van der Waals surface area contributed by atoms with E-state index in [1.54, 1.807) is 4.68 Å². The molecule has 1 atom stereocenters. The molecule has 0 amide bonds. The summed E-state index contributed by atoms with van der Waals surface area (Å²) in [6.07, 6.45) is 1.95. The van der Waals surface area contributed by atoms with Crippen molar-refractivity contribution in [2.45, 2.75) is 18.0 Å². The molecule has 17 heavy (non-hydrogen) atoms. The molecule has 0 bridgehead atoms. The zero-order chi connectivity index (χ0) is 12.3. The second-order valence-corrected chi connectivity index (χ2v) is 5.00. The minimum Gasteiger partial charge on any atom is -0.379 e. The molecule has 1 aromatic heterocycles. The molecule has 7 heteroatoms. The van der Waals surface area contributed by atoms with Crippen molar-refractivity contribution in [3.8, 4) is 0 Å². The quantitative estimate of drug-likeness (QED) is 0.611. The molecule has 2 heterocycles. The van der Waals surface area contributed by atoms with Gasteiger partial charge in [-0.2, -0.15) is 0 Å². The number of thioether (sulfide) groups is 1. The highest BCUT2D eigenvalue weighted by Crippen LogP contribution is 2.18. The number of ether oxygens (including phenoxy) is 1. The Morgan fingerprint density at radius 2 is 2.12 bits per heavy atom. The van der Waals surface area contributed by atoms with Crippen molar-refractivity contribution < 1.29 is 4.74 Å². The third-order valence-electron chi connectivity index (χ3n) is 2.95. The Balaban J connectivity index is 1.98. The molecule has 1 unspecified atom stereocenters. The molecular formula is C10H19N5OS. The second-order valence-electron chi connectivity index (χ2n) is 4.23. The van der Waals surface area contributed by atoms with Gasteiger partial charge in [0.1, 0.15) is 0 Å². The number of nitrogen functional groups attached to an aromatic ring is 1. The van der Waals surface area contributed by atoms with Crippen LogP contribution in [0, 0.1) is 0 Å². The van der Waals surface area contributed by atoms with Crippen molar-refractivity contribution >= 4 is 11.8 Å². The lowest BCUT2D eigenvalue weighted by atomic mass is 10.1.